The van der Waals surface area contributed by atoms with E-state index in [1.54, 1.807) is 42.6 Å². The van der Waals surface area contributed by atoms with Gasteiger partial charge in [-0.25, -0.2) is 15.0 Å². The highest BCUT2D eigenvalue weighted by Crippen LogP contribution is 2.32. The number of fused-ring (bicyclic) bond motifs is 1. The van der Waals surface area contributed by atoms with Gasteiger partial charge in [-0.3, -0.25) is 24.4 Å². The summed E-state index contributed by atoms with van der Waals surface area (Å²) >= 11 is 1.41. The minimum Gasteiger partial charge on any atom is -0.296 e. The molecule has 0 amide bonds. The van der Waals surface area contributed by atoms with Gasteiger partial charge in [0.2, 0.25) is 5.95 Å². The molecule has 3 aromatic rings. The molecule has 28 heavy (non-hydrogen) atoms. The molecule has 0 unspecified atom stereocenters. The van der Waals surface area contributed by atoms with Crippen molar-refractivity contribution >= 4 is 29.2 Å². The second-order valence-electron chi connectivity index (χ2n) is 6.10. The summed E-state index contributed by atoms with van der Waals surface area (Å²) in [6.07, 6.45) is 4.17. The minimum absolute atomic E-state index is 0.0629. The van der Waals surface area contributed by atoms with Gasteiger partial charge in [0.25, 0.3) is 0 Å². The Morgan fingerprint density at radius 3 is 2.64 bits per heavy atom. The van der Waals surface area contributed by atoms with Gasteiger partial charge in [0.1, 0.15) is 5.82 Å². The number of thioether (sulfide) groups is 1. The topological polar surface area (TPSA) is 107 Å². The summed E-state index contributed by atoms with van der Waals surface area (Å²) in [5, 5.41) is 12.3. The van der Waals surface area contributed by atoms with Crippen LogP contribution < -0.4 is 10.5 Å². The Labute approximate surface area is 164 Å². The molecule has 0 saturated carbocycles. The summed E-state index contributed by atoms with van der Waals surface area (Å²) in [6.45, 7) is 0.970. The molecule has 0 spiro atoms. The van der Waals surface area contributed by atoms with Gasteiger partial charge < -0.3 is 0 Å². The highest BCUT2D eigenvalue weighted by atomic mass is 32.2. The molecular weight excluding hydrogens is 380 g/mol. The zero-order chi connectivity index (χ0) is 19.7. The molecule has 9 nitrogen and oxygen atoms in total. The highest BCUT2D eigenvalue weighted by Gasteiger charge is 2.31. The average molecular weight is 396 g/mol. The fourth-order valence-electron chi connectivity index (χ4n) is 3.19. The number of benzene rings is 1. The van der Waals surface area contributed by atoms with Crippen LogP contribution in [0.3, 0.4) is 0 Å². The average Bonchev–Trinajstić information content (AvgIpc) is 2.73. The van der Waals surface area contributed by atoms with Gasteiger partial charge in [0, 0.05) is 24.8 Å². The molecule has 0 aliphatic carbocycles. The van der Waals surface area contributed by atoms with Crippen molar-refractivity contribution in [2.24, 2.45) is 0 Å². The Bertz CT molecular complexity index is 1100. The van der Waals surface area contributed by atoms with Crippen molar-refractivity contribution in [2.75, 3.05) is 17.7 Å². The van der Waals surface area contributed by atoms with Gasteiger partial charge in [-0.05, 0) is 18.7 Å². The number of hydrogen-bond acceptors (Lipinski definition) is 8. The summed E-state index contributed by atoms with van der Waals surface area (Å²) in [6, 6.07) is 10.5. The predicted octanol–water partition coefficient (Wildman–Crippen LogP) is 2.87. The number of hydrogen-bond donors (Lipinski definition) is 0. The van der Waals surface area contributed by atoms with E-state index in [4.69, 9.17) is 0 Å². The molecule has 3 heterocycles. The van der Waals surface area contributed by atoms with Crippen molar-refractivity contribution in [1.29, 1.82) is 0 Å². The minimum atomic E-state index is -0.655. The molecule has 1 aliphatic heterocycles. The van der Waals surface area contributed by atoms with Crippen molar-refractivity contribution in [1.82, 2.24) is 19.5 Å². The van der Waals surface area contributed by atoms with Crippen LogP contribution >= 0.6 is 11.8 Å². The van der Waals surface area contributed by atoms with Crippen LogP contribution in [0, 0.1) is 10.1 Å². The zero-order valence-corrected chi connectivity index (χ0v) is 15.8. The molecule has 0 fully saturated rings. The number of aromatic nitrogens is 4. The van der Waals surface area contributed by atoms with E-state index in [1.165, 1.54) is 16.3 Å². The molecule has 1 aliphatic rings. The summed E-state index contributed by atoms with van der Waals surface area (Å²) in [5.41, 5.74) is -0.581. The molecule has 0 N–H and O–H groups in total. The third-order valence-electron chi connectivity index (χ3n) is 4.44. The van der Waals surface area contributed by atoms with Crippen LogP contribution in [-0.4, -0.2) is 37.2 Å². The van der Waals surface area contributed by atoms with Crippen molar-refractivity contribution in [3.63, 3.8) is 0 Å². The van der Waals surface area contributed by atoms with E-state index in [9.17, 15) is 14.9 Å². The molecule has 0 atom stereocenters. The number of nitro groups is 1. The standard InChI is InChI=1S/C18H16N6O3S/c1-28-17-19-9-8-13(20-17)22-10-5-11-23-16(25)15(24(26)27)14(21-18(22)23)12-6-3-2-4-7-12/h2-4,6-9H,5,10-11H2,1H3. The van der Waals surface area contributed by atoms with E-state index in [-0.39, 0.29) is 5.69 Å². The normalized spacial score (nSPS) is 13.2. The van der Waals surface area contributed by atoms with E-state index in [0.717, 1.165) is 0 Å². The van der Waals surface area contributed by atoms with Crippen molar-refractivity contribution < 1.29 is 4.92 Å². The molecular formula is C18H16N6O3S. The summed E-state index contributed by atoms with van der Waals surface area (Å²) < 4.78 is 1.36. The lowest BCUT2D eigenvalue weighted by Gasteiger charge is -2.30. The molecule has 10 heteroatoms. The largest absolute Gasteiger partial charge is 0.360 e. The van der Waals surface area contributed by atoms with Crippen LogP contribution in [-0.2, 0) is 6.54 Å². The van der Waals surface area contributed by atoms with Crippen LogP contribution in [0.25, 0.3) is 11.3 Å². The van der Waals surface area contributed by atoms with E-state index in [2.05, 4.69) is 15.0 Å². The monoisotopic (exact) mass is 396 g/mol. The van der Waals surface area contributed by atoms with E-state index < -0.39 is 16.2 Å². The summed E-state index contributed by atoms with van der Waals surface area (Å²) in [5.74, 6) is 0.957. The van der Waals surface area contributed by atoms with Gasteiger partial charge in [-0.15, -0.1) is 0 Å². The molecule has 2 aromatic heterocycles. The molecule has 0 bridgehead atoms. The maximum Gasteiger partial charge on any atom is 0.360 e. The van der Waals surface area contributed by atoms with Crippen LogP contribution in [0.2, 0.25) is 0 Å². The van der Waals surface area contributed by atoms with Gasteiger partial charge in [-0.1, -0.05) is 42.1 Å². The van der Waals surface area contributed by atoms with Gasteiger partial charge in [0.05, 0.1) is 4.92 Å². The van der Waals surface area contributed by atoms with Crippen molar-refractivity contribution in [2.45, 2.75) is 18.1 Å². The lowest BCUT2D eigenvalue weighted by molar-refractivity contribution is -0.386. The van der Waals surface area contributed by atoms with Crippen molar-refractivity contribution in [3.05, 3.63) is 63.1 Å². The SMILES string of the molecule is CSc1nccc(N2CCCn3c2nc(-c2ccccc2)c([N+](=O)[O-])c3=O)n1. The van der Waals surface area contributed by atoms with Crippen LogP contribution in [0.5, 0.6) is 0 Å². The van der Waals surface area contributed by atoms with E-state index in [1.807, 2.05) is 11.2 Å². The first kappa shape index (κ1) is 18.1. The summed E-state index contributed by atoms with van der Waals surface area (Å²) in [7, 11) is 0. The fourth-order valence-corrected chi connectivity index (χ4v) is 3.54. The number of nitrogens with zero attached hydrogens (tertiary/aromatic N) is 6. The van der Waals surface area contributed by atoms with Gasteiger partial charge in [0.15, 0.2) is 10.9 Å². The van der Waals surface area contributed by atoms with E-state index >= 15 is 0 Å². The molecule has 0 radical (unpaired) electrons. The predicted molar refractivity (Wildman–Crippen MR) is 106 cm³/mol. The Kier molecular flexibility index (Phi) is 4.78. The third kappa shape index (κ3) is 3.11. The first-order valence-electron chi connectivity index (χ1n) is 8.59. The Balaban J connectivity index is 1.95. The Morgan fingerprint density at radius 1 is 1.14 bits per heavy atom. The fraction of sp³-hybridized carbons (Fsp3) is 0.222. The maximum atomic E-state index is 13.0. The molecule has 142 valence electrons. The highest BCUT2D eigenvalue weighted by molar-refractivity contribution is 7.98. The lowest BCUT2D eigenvalue weighted by Crippen LogP contribution is -2.37. The molecule has 0 saturated heterocycles. The first-order valence-corrected chi connectivity index (χ1v) is 9.82. The second-order valence-corrected chi connectivity index (χ2v) is 6.87. The van der Waals surface area contributed by atoms with Gasteiger partial charge >= 0.3 is 11.2 Å². The molecule has 1 aromatic carbocycles. The maximum absolute atomic E-state index is 13.0. The van der Waals surface area contributed by atoms with Crippen LogP contribution in [0.1, 0.15) is 6.42 Å². The number of anilines is 2. The lowest BCUT2D eigenvalue weighted by atomic mass is 10.1. The summed E-state index contributed by atoms with van der Waals surface area (Å²) in [4.78, 5) is 39.0. The Hall–Kier alpha value is -3.27. The molecule has 4 rings (SSSR count). The third-order valence-corrected chi connectivity index (χ3v) is 5.00. The van der Waals surface area contributed by atoms with Gasteiger partial charge in [-0.2, -0.15) is 0 Å². The zero-order valence-electron chi connectivity index (χ0n) is 15.0. The second kappa shape index (κ2) is 7.39. The van der Waals surface area contributed by atoms with Crippen LogP contribution in [0.15, 0.2) is 52.5 Å². The number of rotatable bonds is 4. The first-order chi connectivity index (χ1) is 13.6. The van der Waals surface area contributed by atoms with Crippen LogP contribution in [0.4, 0.5) is 17.5 Å². The Morgan fingerprint density at radius 2 is 1.93 bits per heavy atom. The smallest absolute Gasteiger partial charge is 0.296 e. The quantitative estimate of drug-likeness (QED) is 0.287. The van der Waals surface area contributed by atoms with Crippen molar-refractivity contribution in [3.8, 4) is 11.3 Å². The van der Waals surface area contributed by atoms with E-state index in [0.29, 0.717) is 42.0 Å².